The minimum atomic E-state index is -5.31. The third-order valence-electron chi connectivity index (χ3n) is 6.60. The molecule has 3 rings (SSSR count). The SMILES string of the molecule is CCO[Si](CCCN(C)c1ccc(N=Nc2c(S(=O)(=O)O)ccc3c(S(=O)(=O)O)cc(S(=O)(=O)O)c(O)c23)cc1)(OCC)OCC. The van der Waals surface area contributed by atoms with Crippen molar-refractivity contribution in [2.45, 2.75) is 47.9 Å². The zero-order chi connectivity index (χ0) is 34.5. The normalized spacial score (nSPS) is 13.1. The number of fused-ring (bicyclic) bond motifs is 1. The highest BCUT2D eigenvalue weighted by atomic mass is 32.2. The largest absolute Gasteiger partial charge is 0.506 e. The number of aromatic hydroxyl groups is 1. The number of nitrogens with zero attached hydrogens (tertiary/aromatic N) is 3. The summed E-state index contributed by atoms with van der Waals surface area (Å²) >= 11 is 0. The summed E-state index contributed by atoms with van der Waals surface area (Å²) in [4.78, 5) is -1.48. The van der Waals surface area contributed by atoms with E-state index in [9.17, 15) is 44.0 Å². The summed E-state index contributed by atoms with van der Waals surface area (Å²) in [6.45, 7) is 7.64. The first-order valence-electron chi connectivity index (χ1n) is 13.8. The highest BCUT2D eigenvalue weighted by molar-refractivity contribution is 7.87. The van der Waals surface area contributed by atoms with Gasteiger partial charge >= 0.3 is 8.80 Å². The summed E-state index contributed by atoms with van der Waals surface area (Å²) in [5, 5.41) is 17.1. The molecule has 0 spiro atoms. The van der Waals surface area contributed by atoms with E-state index in [0.29, 0.717) is 38.8 Å². The molecular formula is C26H35N3O13S3Si. The second-order valence-electron chi connectivity index (χ2n) is 9.71. The molecule has 0 fully saturated rings. The van der Waals surface area contributed by atoms with Crippen LogP contribution in [-0.4, -0.2) is 86.2 Å². The van der Waals surface area contributed by atoms with Gasteiger partial charge in [-0.1, -0.05) is 6.07 Å². The Labute approximate surface area is 268 Å². The van der Waals surface area contributed by atoms with Crippen molar-refractivity contribution in [1.82, 2.24) is 0 Å². The fourth-order valence-corrected chi connectivity index (χ4v) is 9.29. The topological polar surface area (TPSA) is 239 Å². The lowest BCUT2D eigenvalue weighted by atomic mass is 10.1. The molecule has 0 heterocycles. The molecule has 254 valence electrons. The molecule has 3 aromatic rings. The number of hydrogen-bond donors (Lipinski definition) is 4. The molecule has 0 amide bonds. The Balaban J connectivity index is 2.00. The van der Waals surface area contributed by atoms with Crippen LogP contribution in [0.2, 0.25) is 6.04 Å². The third kappa shape index (κ3) is 8.85. The van der Waals surface area contributed by atoms with Crippen molar-refractivity contribution in [3.63, 3.8) is 0 Å². The molecule has 0 aliphatic rings. The Morgan fingerprint density at radius 1 is 0.739 bits per heavy atom. The molecule has 0 atom stereocenters. The molecule has 0 radical (unpaired) electrons. The molecule has 0 bridgehead atoms. The van der Waals surface area contributed by atoms with Crippen molar-refractivity contribution in [3.8, 4) is 5.75 Å². The Kier molecular flexibility index (Phi) is 12.0. The quantitative estimate of drug-likeness (QED) is 0.0900. The van der Waals surface area contributed by atoms with Crippen LogP contribution in [0.1, 0.15) is 27.2 Å². The lowest BCUT2D eigenvalue weighted by Crippen LogP contribution is -2.46. The smallest absolute Gasteiger partial charge is 0.500 e. The summed E-state index contributed by atoms with van der Waals surface area (Å²) in [6.07, 6.45) is 0.699. The summed E-state index contributed by atoms with van der Waals surface area (Å²) in [5.41, 5.74) is 0.0541. The van der Waals surface area contributed by atoms with Gasteiger partial charge in [0.15, 0.2) is 0 Å². The standard InChI is InChI=1S/C26H35N3O13S3Si/c1-5-40-46(41-6-2,42-7-3)16-8-15-29(4)19-11-9-18(10-12-19)27-28-25-21(43(31,32)33)14-13-20-22(44(34,35)36)17-23(45(37,38)39)26(30)24(20)25/h9-14,17,30H,5-8,15-16H2,1-4H3,(H,31,32,33)(H,34,35,36)(H,37,38,39). The minimum absolute atomic E-state index is 0.145. The molecule has 0 aromatic heterocycles. The van der Waals surface area contributed by atoms with E-state index in [1.54, 1.807) is 12.1 Å². The molecule has 0 aliphatic carbocycles. The van der Waals surface area contributed by atoms with Crippen LogP contribution in [0.25, 0.3) is 10.8 Å². The second-order valence-corrected chi connectivity index (χ2v) is 16.6. The monoisotopic (exact) mass is 721 g/mol. The molecular weight excluding hydrogens is 687 g/mol. The Bertz CT molecular complexity index is 1900. The van der Waals surface area contributed by atoms with Gasteiger partial charge in [-0.3, -0.25) is 13.7 Å². The van der Waals surface area contributed by atoms with Gasteiger partial charge in [-0.2, -0.15) is 30.4 Å². The molecule has 20 heteroatoms. The second kappa shape index (κ2) is 14.8. The van der Waals surface area contributed by atoms with Crippen LogP contribution in [0.5, 0.6) is 5.75 Å². The predicted molar refractivity (Wildman–Crippen MR) is 169 cm³/mol. The van der Waals surface area contributed by atoms with E-state index in [0.717, 1.165) is 17.8 Å². The van der Waals surface area contributed by atoms with E-state index in [4.69, 9.17) is 13.3 Å². The van der Waals surface area contributed by atoms with E-state index in [1.807, 2.05) is 32.7 Å². The number of phenols is 1. The third-order valence-corrected chi connectivity index (χ3v) is 12.4. The first kappa shape index (κ1) is 37.4. The Morgan fingerprint density at radius 2 is 1.26 bits per heavy atom. The summed E-state index contributed by atoms with van der Waals surface area (Å²) in [6, 6.07) is 8.81. The van der Waals surface area contributed by atoms with Crippen LogP contribution in [0.15, 0.2) is 67.4 Å². The van der Waals surface area contributed by atoms with Crippen LogP contribution in [0, 0.1) is 0 Å². The van der Waals surface area contributed by atoms with E-state index in [2.05, 4.69) is 10.2 Å². The average Bonchev–Trinajstić information content (AvgIpc) is 2.94. The summed E-state index contributed by atoms with van der Waals surface area (Å²) in [7, 11) is -16.6. The first-order chi connectivity index (χ1) is 21.4. The number of azo groups is 1. The van der Waals surface area contributed by atoms with Crippen LogP contribution in [0.3, 0.4) is 0 Å². The molecule has 0 aliphatic heterocycles. The molecule has 46 heavy (non-hydrogen) atoms. The van der Waals surface area contributed by atoms with Crippen molar-refractivity contribution in [3.05, 3.63) is 42.5 Å². The number of rotatable bonds is 16. The van der Waals surface area contributed by atoms with E-state index in [1.165, 1.54) is 12.1 Å². The van der Waals surface area contributed by atoms with Crippen molar-refractivity contribution < 1.29 is 57.3 Å². The maximum Gasteiger partial charge on any atom is 0.500 e. The van der Waals surface area contributed by atoms with Crippen molar-refractivity contribution in [2.24, 2.45) is 10.2 Å². The maximum absolute atomic E-state index is 12.2. The molecule has 0 saturated carbocycles. The average molecular weight is 722 g/mol. The number of benzene rings is 3. The fourth-order valence-electron chi connectivity index (χ4n) is 4.67. The Morgan fingerprint density at radius 3 is 1.74 bits per heavy atom. The van der Waals surface area contributed by atoms with Gasteiger partial charge in [0, 0.05) is 50.5 Å². The summed E-state index contributed by atoms with van der Waals surface area (Å²) in [5.74, 6) is -1.30. The fraction of sp³-hybridized carbons (Fsp3) is 0.385. The van der Waals surface area contributed by atoms with Crippen LogP contribution in [0.4, 0.5) is 17.1 Å². The highest BCUT2D eigenvalue weighted by Gasteiger charge is 2.39. The van der Waals surface area contributed by atoms with E-state index < -0.39 is 76.1 Å². The zero-order valence-corrected chi connectivity index (χ0v) is 28.8. The summed E-state index contributed by atoms with van der Waals surface area (Å²) < 4.78 is 119. The molecule has 3 aromatic carbocycles. The van der Waals surface area contributed by atoms with Gasteiger partial charge < -0.3 is 23.3 Å². The molecule has 4 N–H and O–H groups in total. The Hall–Kier alpha value is -3.05. The zero-order valence-electron chi connectivity index (χ0n) is 25.3. The van der Waals surface area contributed by atoms with Gasteiger partial charge in [0.2, 0.25) is 0 Å². The van der Waals surface area contributed by atoms with E-state index >= 15 is 0 Å². The number of phenolic OH excluding ortho intramolecular Hbond substituents is 1. The number of hydrogen-bond acceptors (Lipinski definition) is 13. The van der Waals surface area contributed by atoms with Gasteiger partial charge in [0.05, 0.1) is 11.1 Å². The maximum atomic E-state index is 12.2. The minimum Gasteiger partial charge on any atom is -0.506 e. The van der Waals surface area contributed by atoms with Gasteiger partial charge in [0.1, 0.15) is 26.1 Å². The predicted octanol–water partition coefficient (Wildman–Crippen LogP) is 4.58. The van der Waals surface area contributed by atoms with Crippen LogP contribution < -0.4 is 4.90 Å². The number of anilines is 1. The van der Waals surface area contributed by atoms with E-state index in [-0.39, 0.29) is 11.8 Å². The van der Waals surface area contributed by atoms with Gasteiger partial charge in [-0.25, -0.2) is 0 Å². The van der Waals surface area contributed by atoms with Crippen LogP contribution in [-0.2, 0) is 43.6 Å². The van der Waals surface area contributed by atoms with Crippen LogP contribution >= 0.6 is 0 Å². The molecule has 16 nitrogen and oxygen atoms in total. The van der Waals surface area contributed by atoms with Gasteiger partial charge in [-0.15, -0.1) is 5.11 Å². The first-order valence-corrected chi connectivity index (χ1v) is 20.0. The lowest BCUT2D eigenvalue weighted by Gasteiger charge is -2.29. The van der Waals surface area contributed by atoms with Crippen molar-refractivity contribution >= 4 is 67.0 Å². The van der Waals surface area contributed by atoms with Crippen molar-refractivity contribution in [1.29, 1.82) is 0 Å². The van der Waals surface area contributed by atoms with Gasteiger partial charge in [0.25, 0.3) is 30.4 Å². The van der Waals surface area contributed by atoms with Gasteiger partial charge in [-0.05, 0) is 63.6 Å². The highest BCUT2D eigenvalue weighted by Crippen LogP contribution is 2.45. The molecule has 0 unspecified atom stereocenters. The molecule has 0 saturated heterocycles. The van der Waals surface area contributed by atoms with Crippen molar-refractivity contribution in [2.75, 3.05) is 38.3 Å². The lowest BCUT2D eigenvalue weighted by molar-refractivity contribution is 0.0709.